The van der Waals surface area contributed by atoms with Gasteiger partial charge >= 0.3 is 5.63 Å². The van der Waals surface area contributed by atoms with Gasteiger partial charge in [-0.1, -0.05) is 34.1 Å². The van der Waals surface area contributed by atoms with Crippen LogP contribution in [0.25, 0.3) is 33.9 Å². The molecule has 0 atom stereocenters. The Balaban J connectivity index is 1.87. The van der Waals surface area contributed by atoms with Crippen molar-refractivity contribution in [2.24, 2.45) is 0 Å². The zero-order chi connectivity index (χ0) is 16.7. The van der Waals surface area contributed by atoms with Crippen molar-refractivity contribution in [3.05, 3.63) is 67.9 Å². The van der Waals surface area contributed by atoms with Crippen molar-refractivity contribution in [2.45, 2.75) is 0 Å². The Morgan fingerprint density at radius 2 is 1.62 bits per heavy atom. The van der Waals surface area contributed by atoms with Gasteiger partial charge in [-0.15, -0.1) is 10.2 Å². The minimum Gasteiger partial charge on any atom is -0.421 e. The number of benzene rings is 2. The smallest absolute Gasteiger partial charge is 0.349 e. The van der Waals surface area contributed by atoms with Crippen LogP contribution in [0.2, 0.25) is 0 Å². The molecule has 0 N–H and O–H groups in total. The number of halogens is 2. The van der Waals surface area contributed by atoms with Crippen LogP contribution in [0.3, 0.4) is 0 Å². The Morgan fingerprint density at radius 3 is 2.42 bits per heavy atom. The molecular weight excluding hydrogens is 440 g/mol. The molecule has 5 nitrogen and oxygen atoms in total. The fraction of sp³-hybridized carbons (Fsp3) is 0. The monoisotopic (exact) mass is 446 g/mol. The summed E-state index contributed by atoms with van der Waals surface area (Å²) in [5, 5.41) is 8.72. The van der Waals surface area contributed by atoms with Gasteiger partial charge in [0.2, 0.25) is 5.89 Å². The second kappa shape index (κ2) is 5.99. The summed E-state index contributed by atoms with van der Waals surface area (Å²) in [4.78, 5) is 12.3. The second-order valence-corrected chi connectivity index (χ2v) is 6.80. The Labute approximate surface area is 152 Å². The van der Waals surface area contributed by atoms with Crippen LogP contribution in [0, 0.1) is 0 Å². The molecule has 7 heteroatoms. The fourth-order valence-corrected chi connectivity index (χ4v) is 3.67. The predicted molar refractivity (Wildman–Crippen MR) is 96.6 cm³/mol. The summed E-state index contributed by atoms with van der Waals surface area (Å²) in [7, 11) is 0. The van der Waals surface area contributed by atoms with E-state index in [1.54, 1.807) is 6.07 Å². The van der Waals surface area contributed by atoms with Gasteiger partial charge in [-0.25, -0.2) is 4.79 Å². The van der Waals surface area contributed by atoms with Gasteiger partial charge in [-0.05, 0) is 46.3 Å². The zero-order valence-corrected chi connectivity index (χ0v) is 15.2. The number of fused-ring (bicyclic) bond motifs is 1. The van der Waals surface area contributed by atoms with E-state index in [4.69, 9.17) is 8.83 Å². The molecule has 4 rings (SSSR count). The molecule has 0 radical (unpaired) electrons. The summed E-state index contributed by atoms with van der Waals surface area (Å²) in [6.07, 6.45) is 0. The van der Waals surface area contributed by atoms with Gasteiger partial charge in [0.1, 0.15) is 5.56 Å². The third-order valence-electron chi connectivity index (χ3n) is 3.43. The maximum Gasteiger partial charge on any atom is 0.349 e. The van der Waals surface area contributed by atoms with E-state index >= 15 is 0 Å². The highest BCUT2D eigenvalue weighted by atomic mass is 79.9. The van der Waals surface area contributed by atoms with Crippen LogP contribution >= 0.6 is 31.9 Å². The lowest BCUT2D eigenvalue weighted by molar-refractivity contribution is 0.546. The first-order valence-electron chi connectivity index (χ1n) is 6.94. The highest BCUT2D eigenvalue weighted by Crippen LogP contribution is 2.30. The molecule has 0 aliphatic rings. The van der Waals surface area contributed by atoms with E-state index < -0.39 is 5.63 Å². The SMILES string of the molecule is O=c1oc2c(Br)cc(Br)cc2cc1-c1nnc(-c2ccccc2)o1. The number of rotatable bonds is 2. The van der Waals surface area contributed by atoms with Crippen LogP contribution in [-0.2, 0) is 0 Å². The van der Waals surface area contributed by atoms with Gasteiger partial charge in [-0.3, -0.25) is 0 Å². The Hall–Kier alpha value is -2.25. The molecule has 0 fully saturated rings. The van der Waals surface area contributed by atoms with Crippen LogP contribution in [0.4, 0.5) is 0 Å². The minimum atomic E-state index is -0.534. The van der Waals surface area contributed by atoms with Crippen molar-refractivity contribution in [1.82, 2.24) is 10.2 Å². The normalized spacial score (nSPS) is 11.1. The first kappa shape index (κ1) is 15.3. The summed E-state index contributed by atoms with van der Waals surface area (Å²) in [5.74, 6) is 0.473. The first-order chi connectivity index (χ1) is 11.6. The van der Waals surface area contributed by atoms with E-state index in [0.717, 1.165) is 15.4 Å². The van der Waals surface area contributed by atoms with Crippen molar-refractivity contribution < 1.29 is 8.83 Å². The van der Waals surface area contributed by atoms with Gasteiger partial charge in [0.05, 0.1) is 4.47 Å². The average Bonchev–Trinajstić information content (AvgIpc) is 3.06. The molecule has 2 aromatic heterocycles. The Kier molecular flexibility index (Phi) is 3.82. The van der Waals surface area contributed by atoms with Crippen LogP contribution in [0.5, 0.6) is 0 Å². The molecule has 0 aliphatic heterocycles. The fourth-order valence-electron chi connectivity index (χ4n) is 2.34. The van der Waals surface area contributed by atoms with Gasteiger partial charge in [0.15, 0.2) is 5.58 Å². The molecule has 0 amide bonds. The first-order valence-corrected chi connectivity index (χ1v) is 8.52. The molecule has 0 saturated carbocycles. The molecular formula is C17H8Br2N2O3. The van der Waals surface area contributed by atoms with E-state index in [0.29, 0.717) is 15.9 Å². The average molecular weight is 448 g/mol. The number of aromatic nitrogens is 2. The summed E-state index contributed by atoms with van der Waals surface area (Å²) in [6, 6.07) is 14.7. The van der Waals surface area contributed by atoms with Gasteiger partial charge < -0.3 is 8.83 Å². The van der Waals surface area contributed by atoms with Crippen LogP contribution in [0.1, 0.15) is 0 Å². The summed E-state index contributed by atoms with van der Waals surface area (Å²) < 4.78 is 12.6. The number of hydrogen-bond donors (Lipinski definition) is 0. The maximum atomic E-state index is 12.3. The van der Waals surface area contributed by atoms with Crippen LogP contribution < -0.4 is 5.63 Å². The molecule has 2 aromatic carbocycles. The summed E-state index contributed by atoms with van der Waals surface area (Å²) >= 11 is 6.80. The zero-order valence-electron chi connectivity index (χ0n) is 12.0. The van der Waals surface area contributed by atoms with Crippen molar-refractivity contribution in [2.75, 3.05) is 0 Å². The molecule has 0 saturated heterocycles. The van der Waals surface area contributed by atoms with Gasteiger partial charge in [-0.2, -0.15) is 0 Å². The third kappa shape index (κ3) is 2.70. The van der Waals surface area contributed by atoms with Crippen molar-refractivity contribution in [3.63, 3.8) is 0 Å². The highest BCUT2D eigenvalue weighted by molar-refractivity contribution is 9.11. The van der Waals surface area contributed by atoms with E-state index in [9.17, 15) is 4.79 Å². The van der Waals surface area contributed by atoms with Crippen LogP contribution in [-0.4, -0.2) is 10.2 Å². The van der Waals surface area contributed by atoms with E-state index in [-0.39, 0.29) is 11.5 Å². The van der Waals surface area contributed by atoms with Crippen molar-refractivity contribution >= 4 is 42.8 Å². The topological polar surface area (TPSA) is 69.1 Å². The molecule has 4 aromatic rings. The lowest BCUT2D eigenvalue weighted by Crippen LogP contribution is -2.03. The molecule has 0 bridgehead atoms. The van der Waals surface area contributed by atoms with E-state index in [1.165, 1.54) is 0 Å². The van der Waals surface area contributed by atoms with Crippen LogP contribution in [0.15, 0.2) is 71.1 Å². The molecule has 0 spiro atoms. The number of hydrogen-bond acceptors (Lipinski definition) is 5. The van der Waals surface area contributed by atoms with Crippen molar-refractivity contribution in [3.8, 4) is 22.9 Å². The van der Waals surface area contributed by atoms with E-state index in [1.807, 2.05) is 42.5 Å². The molecule has 24 heavy (non-hydrogen) atoms. The third-order valence-corrected chi connectivity index (χ3v) is 4.47. The molecule has 0 aliphatic carbocycles. The summed E-state index contributed by atoms with van der Waals surface area (Å²) in [5.41, 5.74) is 0.942. The maximum absolute atomic E-state index is 12.3. The second-order valence-electron chi connectivity index (χ2n) is 5.03. The summed E-state index contributed by atoms with van der Waals surface area (Å²) in [6.45, 7) is 0. The largest absolute Gasteiger partial charge is 0.421 e. The Morgan fingerprint density at radius 1 is 0.875 bits per heavy atom. The number of nitrogens with zero attached hydrogens (tertiary/aromatic N) is 2. The Bertz CT molecular complexity index is 1100. The molecule has 118 valence electrons. The predicted octanol–water partition coefficient (Wildman–Crippen LogP) is 5.04. The molecule has 2 heterocycles. The molecule has 0 unspecified atom stereocenters. The van der Waals surface area contributed by atoms with Crippen molar-refractivity contribution in [1.29, 1.82) is 0 Å². The highest BCUT2D eigenvalue weighted by Gasteiger charge is 2.17. The van der Waals surface area contributed by atoms with Gasteiger partial charge in [0.25, 0.3) is 5.89 Å². The lowest BCUT2D eigenvalue weighted by Gasteiger charge is -2.02. The lowest BCUT2D eigenvalue weighted by atomic mass is 10.2. The standard InChI is InChI=1S/C17H8Br2N2O3/c18-11-6-10-7-12(17(22)23-14(10)13(19)8-11)16-21-20-15(24-16)9-4-2-1-3-5-9/h1-8H. The van der Waals surface area contributed by atoms with Gasteiger partial charge in [0, 0.05) is 15.4 Å². The van der Waals surface area contributed by atoms with E-state index in [2.05, 4.69) is 42.1 Å². The quantitative estimate of drug-likeness (QED) is 0.403. The minimum absolute atomic E-state index is 0.126.